The molecule has 1 amide bonds. The number of fused-ring (bicyclic) bond motifs is 1. The Morgan fingerprint density at radius 1 is 0.873 bits per heavy atom. The number of carbonyl (C=O) groups is 3. The Kier molecular flexibility index (Phi) is 14.9. The van der Waals surface area contributed by atoms with Crippen LogP contribution < -0.4 is 30.7 Å². The number of methoxy groups -OCH3 is 2. The van der Waals surface area contributed by atoms with Gasteiger partial charge in [0.05, 0.1) is 20.8 Å². The van der Waals surface area contributed by atoms with Crippen molar-refractivity contribution in [1.82, 2.24) is 19.7 Å². The van der Waals surface area contributed by atoms with Gasteiger partial charge in [-0.3, -0.25) is 24.0 Å². The molecular formula is C41H44F2N5O14P. The number of aromatic nitrogens is 2. The summed E-state index contributed by atoms with van der Waals surface area (Å²) in [7, 11) is -1.67. The Balaban J connectivity index is 1.09. The van der Waals surface area contributed by atoms with Gasteiger partial charge in [0.2, 0.25) is 6.23 Å². The summed E-state index contributed by atoms with van der Waals surface area (Å²) in [5, 5.41) is 18.4. The third kappa shape index (κ3) is 11.6. The van der Waals surface area contributed by atoms with Gasteiger partial charge in [0.25, 0.3) is 0 Å². The molecule has 5 atom stereocenters. The van der Waals surface area contributed by atoms with E-state index in [1.54, 1.807) is 78.9 Å². The summed E-state index contributed by atoms with van der Waals surface area (Å²) in [6.07, 6.45) is -7.23. The average Bonchev–Trinajstić information content (AvgIpc) is 3.79. The summed E-state index contributed by atoms with van der Waals surface area (Å²) in [4.78, 5) is 55.0. The predicted molar refractivity (Wildman–Crippen MR) is 218 cm³/mol. The SMILES string of the molecule is COc1cc(OC)c2oc(COC(=O)Nc3ccn(C4O[C@H](COP(=O)(N[C@@H](C)C(=O)OCc5ccccc5)N[C@@H](C)C(=O)OCc5ccccc5)[C@@H](O)C4(F)F)c(=O)n3)cc2c1. The number of aliphatic hydroxyl groups excluding tert-OH is 1. The van der Waals surface area contributed by atoms with Crippen molar-refractivity contribution >= 4 is 42.5 Å². The van der Waals surface area contributed by atoms with Gasteiger partial charge in [-0.2, -0.15) is 13.8 Å². The molecule has 336 valence electrons. The van der Waals surface area contributed by atoms with E-state index < -0.39 is 74.4 Å². The number of esters is 2. The van der Waals surface area contributed by atoms with Crippen molar-refractivity contribution in [3.8, 4) is 11.5 Å². The van der Waals surface area contributed by atoms with E-state index in [1.807, 2.05) is 0 Å². The van der Waals surface area contributed by atoms with Crippen molar-refractivity contribution in [2.45, 2.75) is 70.1 Å². The molecule has 0 aliphatic carbocycles. The first-order chi connectivity index (χ1) is 30.1. The predicted octanol–water partition coefficient (Wildman–Crippen LogP) is 5.22. The van der Waals surface area contributed by atoms with E-state index in [9.17, 15) is 28.8 Å². The van der Waals surface area contributed by atoms with Gasteiger partial charge in [-0.05, 0) is 43.2 Å². The molecule has 63 heavy (non-hydrogen) atoms. The molecule has 19 nitrogen and oxygen atoms in total. The number of amides is 1. The number of benzene rings is 3. The second kappa shape index (κ2) is 20.3. The number of aliphatic hydroxyl groups is 1. The van der Waals surface area contributed by atoms with Gasteiger partial charge < -0.3 is 42.5 Å². The van der Waals surface area contributed by atoms with E-state index in [2.05, 4.69) is 20.5 Å². The monoisotopic (exact) mass is 899 g/mol. The zero-order valence-electron chi connectivity index (χ0n) is 34.2. The number of nitrogens with zero attached hydrogens (tertiary/aromatic N) is 2. The van der Waals surface area contributed by atoms with Crippen LogP contribution in [-0.4, -0.2) is 83.7 Å². The normalized spacial score (nSPS) is 18.0. The van der Waals surface area contributed by atoms with Crippen molar-refractivity contribution in [1.29, 1.82) is 0 Å². The fourth-order valence-corrected chi connectivity index (χ4v) is 7.96. The molecule has 1 aliphatic heterocycles. The number of halogens is 2. The third-order valence-corrected chi connectivity index (χ3v) is 11.4. The summed E-state index contributed by atoms with van der Waals surface area (Å²) in [6, 6.07) is 20.6. The van der Waals surface area contributed by atoms with Gasteiger partial charge in [-0.15, -0.1) is 0 Å². The molecule has 3 heterocycles. The molecule has 1 fully saturated rings. The van der Waals surface area contributed by atoms with Gasteiger partial charge >= 0.3 is 37.3 Å². The van der Waals surface area contributed by atoms with Crippen molar-refractivity contribution in [3.63, 3.8) is 0 Å². The molecule has 2 aromatic heterocycles. The number of nitrogens with one attached hydrogen (secondary N) is 3. The zero-order valence-corrected chi connectivity index (χ0v) is 35.1. The number of rotatable bonds is 19. The van der Waals surface area contributed by atoms with Gasteiger partial charge in [0.15, 0.2) is 24.0 Å². The van der Waals surface area contributed by atoms with Crippen LogP contribution in [0.25, 0.3) is 11.0 Å². The van der Waals surface area contributed by atoms with Crippen LogP contribution in [0.5, 0.6) is 11.5 Å². The van der Waals surface area contributed by atoms with Crippen LogP contribution >= 0.6 is 7.67 Å². The first-order valence-electron chi connectivity index (χ1n) is 19.2. The largest absolute Gasteiger partial charge is 0.497 e. The first kappa shape index (κ1) is 46.3. The summed E-state index contributed by atoms with van der Waals surface area (Å²) in [5.74, 6) is -5.15. The smallest absolute Gasteiger partial charge is 0.413 e. The summed E-state index contributed by atoms with van der Waals surface area (Å²) < 4.78 is 88.9. The molecule has 4 N–H and O–H groups in total. The average molecular weight is 900 g/mol. The lowest BCUT2D eigenvalue weighted by Gasteiger charge is -2.27. The third-order valence-electron chi connectivity index (χ3n) is 9.40. The molecule has 6 rings (SSSR count). The maximum Gasteiger partial charge on any atom is 0.413 e. The van der Waals surface area contributed by atoms with Crippen LogP contribution in [0, 0.1) is 0 Å². The molecular weight excluding hydrogens is 855 g/mol. The van der Waals surface area contributed by atoms with Crippen LogP contribution in [0.2, 0.25) is 0 Å². The lowest BCUT2D eigenvalue weighted by Crippen LogP contribution is -2.44. The highest BCUT2D eigenvalue weighted by molar-refractivity contribution is 7.54. The quantitative estimate of drug-likeness (QED) is 0.0472. The van der Waals surface area contributed by atoms with Crippen LogP contribution in [0.4, 0.5) is 19.4 Å². The molecule has 0 bridgehead atoms. The van der Waals surface area contributed by atoms with E-state index >= 15 is 8.78 Å². The minimum absolute atomic E-state index is 0.128. The van der Waals surface area contributed by atoms with Crippen molar-refractivity contribution in [2.24, 2.45) is 0 Å². The van der Waals surface area contributed by atoms with Crippen molar-refractivity contribution in [3.05, 3.63) is 118 Å². The summed E-state index contributed by atoms with van der Waals surface area (Å²) in [5.41, 5.74) is 0.391. The fraction of sp³-hybridized carbons (Fsp3) is 0.341. The van der Waals surface area contributed by atoms with Crippen LogP contribution in [0.15, 0.2) is 100 Å². The van der Waals surface area contributed by atoms with Crippen molar-refractivity contribution in [2.75, 3.05) is 26.1 Å². The Morgan fingerprint density at radius 3 is 2.03 bits per heavy atom. The van der Waals surface area contributed by atoms with E-state index in [0.717, 1.165) is 12.3 Å². The zero-order chi connectivity index (χ0) is 45.3. The van der Waals surface area contributed by atoms with Gasteiger partial charge in [-0.1, -0.05) is 60.7 Å². The highest BCUT2D eigenvalue weighted by atomic mass is 31.2. The second-order valence-corrected chi connectivity index (χ2v) is 15.9. The van der Waals surface area contributed by atoms with E-state index in [-0.39, 0.29) is 31.4 Å². The number of carbonyl (C=O) groups excluding carboxylic acids is 3. The topological polar surface area (TPSA) is 237 Å². The number of anilines is 1. The molecule has 1 aliphatic rings. The lowest BCUT2D eigenvalue weighted by atomic mass is 10.1. The number of hydrogen-bond donors (Lipinski definition) is 4. The molecule has 0 radical (unpaired) electrons. The summed E-state index contributed by atoms with van der Waals surface area (Å²) >= 11 is 0. The molecule has 0 saturated carbocycles. The Morgan fingerprint density at radius 2 is 1.48 bits per heavy atom. The van der Waals surface area contributed by atoms with Gasteiger partial charge in [0, 0.05) is 17.6 Å². The maximum atomic E-state index is 15.6. The second-order valence-electron chi connectivity index (χ2n) is 14.0. The molecule has 1 saturated heterocycles. The Labute approximate surface area is 358 Å². The maximum absolute atomic E-state index is 15.6. The number of furan rings is 1. The van der Waals surface area contributed by atoms with E-state index in [4.69, 9.17) is 37.4 Å². The van der Waals surface area contributed by atoms with E-state index in [1.165, 1.54) is 28.1 Å². The Hall–Kier alpha value is -6.22. The molecule has 5 aromatic rings. The highest BCUT2D eigenvalue weighted by Crippen LogP contribution is 2.45. The summed E-state index contributed by atoms with van der Waals surface area (Å²) in [6.45, 7) is 0.971. The Bertz CT molecular complexity index is 2420. The fourth-order valence-electron chi connectivity index (χ4n) is 6.15. The molecule has 22 heteroatoms. The van der Waals surface area contributed by atoms with Crippen LogP contribution in [-0.2, 0) is 57.4 Å². The lowest BCUT2D eigenvalue weighted by molar-refractivity contribution is -0.147. The standard InChI is InChI=1S/C41H44F2N5O14P/c1-24(36(50)57-20-26-11-7-5-8-12-26)46-63(54,47-25(2)37(51)58-21-27-13-9-6-10-14-27)60-23-32-35(49)41(42,43)38(62-32)48-16-15-33(44-39(48)52)45-40(53)59-22-30-18-28-17-29(55-3)19-31(56-4)34(28)61-30/h5-19,24-25,32,35,38,49H,20-23H2,1-4H3,(H2,46,47,54)(H,44,45,52,53)/t24-,25-,32+,35+,38?/m0/s1. The molecule has 3 aromatic carbocycles. The minimum Gasteiger partial charge on any atom is -0.497 e. The van der Waals surface area contributed by atoms with Gasteiger partial charge in [0.1, 0.15) is 48.7 Å². The van der Waals surface area contributed by atoms with Crippen LogP contribution in [0.3, 0.4) is 0 Å². The minimum atomic E-state index is -4.60. The highest BCUT2D eigenvalue weighted by Gasteiger charge is 2.60. The molecule has 1 unspecified atom stereocenters. The number of ether oxygens (including phenoxy) is 6. The van der Waals surface area contributed by atoms with Crippen molar-refractivity contribution < 1.29 is 70.2 Å². The van der Waals surface area contributed by atoms with E-state index in [0.29, 0.717) is 38.2 Å². The first-order valence-corrected chi connectivity index (χ1v) is 20.8. The van der Waals surface area contributed by atoms with Crippen LogP contribution in [0.1, 0.15) is 37.0 Å². The van der Waals surface area contributed by atoms with Gasteiger partial charge in [-0.25, -0.2) is 19.8 Å². The molecule has 0 spiro atoms. The number of alkyl halides is 2. The number of hydrogen-bond acceptors (Lipinski definition) is 15.